The van der Waals surface area contributed by atoms with Gasteiger partial charge in [-0.1, -0.05) is 36.4 Å². The SMILES string of the molecule is C[C@H]1CN(Cc2cccc(-c3cccc(CNC(=O)c4ccc5c(c4)OCO5)c3)c2)CCN1. The van der Waals surface area contributed by atoms with E-state index in [1.54, 1.807) is 18.2 Å². The zero-order valence-electron chi connectivity index (χ0n) is 18.8. The highest BCUT2D eigenvalue weighted by Gasteiger charge is 2.17. The Balaban J connectivity index is 1.24. The lowest BCUT2D eigenvalue weighted by molar-refractivity contribution is 0.0950. The quantitative estimate of drug-likeness (QED) is 0.607. The van der Waals surface area contributed by atoms with Gasteiger partial charge >= 0.3 is 0 Å². The van der Waals surface area contributed by atoms with E-state index in [-0.39, 0.29) is 12.7 Å². The topological polar surface area (TPSA) is 62.8 Å². The van der Waals surface area contributed by atoms with Crippen LogP contribution in [0.25, 0.3) is 11.1 Å². The van der Waals surface area contributed by atoms with E-state index in [0.29, 0.717) is 29.6 Å². The molecule has 0 aliphatic carbocycles. The van der Waals surface area contributed by atoms with Gasteiger partial charge in [-0.05, 0) is 59.5 Å². The van der Waals surface area contributed by atoms with Crippen molar-refractivity contribution in [2.45, 2.75) is 26.1 Å². The van der Waals surface area contributed by atoms with Crippen LogP contribution in [-0.2, 0) is 13.1 Å². The van der Waals surface area contributed by atoms with Gasteiger partial charge < -0.3 is 20.1 Å². The second-order valence-electron chi connectivity index (χ2n) is 8.74. The molecule has 2 aliphatic heterocycles. The van der Waals surface area contributed by atoms with E-state index in [1.807, 2.05) is 12.1 Å². The second kappa shape index (κ2) is 9.65. The Bertz CT molecular complexity index is 1150. The molecule has 0 radical (unpaired) electrons. The fourth-order valence-corrected chi connectivity index (χ4v) is 4.45. The molecule has 1 saturated heterocycles. The maximum atomic E-state index is 12.6. The minimum atomic E-state index is -0.133. The number of nitrogens with one attached hydrogen (secondary N) is 2. The lowest BCUT2D eigenvalue weighted by Crippen LogP contribution is -2.48. The number of fused-ring (bicyclic) bond motifs is 1. The van der Waals surface area contributed by atoms with Crippen molar-refractivity contribution in [2.75, 3.05) is 26.4 Å². The Hall–Kier alpha value is -3.35. The molecule has 1 atom stereocenters. The predicted octanol–water partition coefficient (Wildman–Crippen LogP) is 3.81. The summed E-state index contributed by atoms with van der Waals surface area (Å²) in [6.45, 7) is 7.05. The summed E-state index contributed by atoms with van der Waals surface area (Å²) in [4.78, 5) is 15.1. The fraction of sp³-hybridized carbons (Fsp3) is 0.296. The molecule has 6 heteroatoms. The van der Waals surface area contributed by atoms with Crippen LogP contribution in [0.2, 0.25) is 0 Å². The van der Waals surface area contributed by atoms with Crippen molar-refractivity contribution in [3.63, 3.8) is 0 Å². The van der Waals surface area contributed by atoms with Crippen LogP contribution < -0.4 is 20.1 Å². The van der Waals surface area contributed by atoms with Crippen LogP contribution in [0.3, 0.4) is 0 Å². The van der Waals surface area contributed by atoms with Crippen LogP contribution in [0, 0.1) is 0 Å². The van der Waals surface area contributed by atoms with Crippen LogP contribution in [0.15, 0.2) is 66.7 Å². The second-order valence-corrected chi connectivity index (χ2v) is 8.74. The Morgan fingerprint density at radius 2 is 1.76 bits per heavy atom. The zero-order valence-corrected chi connectivity index (χ0v) is 18.8. The third-order valence-corrected chi connectivity index (χ3v) is 6.13. The molecule has 0 bridgehead atoms. The predicted molar refractivity (Wildman–Crippen MR) is 128 cm³/mol. The van der Waals surface area contributed by atoms with Gasteiger partial charge in [-0.2, -0.15) is 0 Å². The molecule has 1 amide bonds. The van der Waals surface area contributed by atoms with Gasteiger partial charge in [0.25, 0.3) is 5.91 Å². The monoisotopic (exact) mass is 443 g/mol. The number of benzene rings is 3. The Morgan fingerprint density at radius 3 is 2.58 bits per heavy atom. The van der Waals surface area contributed by atoms with E-state index in [0.717, 1.165) is 37.3 Å². The smallest absolute Gasteiger partial charge is 0.251 e. The maximum Gasteiger partial charge on any atom is 0.251 e. The highest BCUT2D eigenvalue weighted by atomic mass is 16.7. The van der Waals surface area contributed by atoms with Gasteiger partial charge in [0.1, 0.15) is 0 Å². The third-order valence-electron chi connectivity index (χ3n) is 6.13. The summed E-state index contributed by atoms with van der Waals surface area (Å²) in [7, 11) is 0. The van der Waals surface area contributed by atoms with Gasteiger partial charge in [0.15, 0.2) is 11.5 Å². The molecule has 5 rings (SSSR count). The van der Waals surface area contributed by atoms with E-state index < -0.39 is 0 Å². The molecule has 2 N–H and O–H groups in total. The number of amides is 1. The molecular formula is C27H29N3O3. The standard InChI is InChI=1S/C27H29N3O3/c1-19-16-30(11-10-28-19)17-21-5-3-7-23(13-21)22-6-2-4-20(12-22)15-29-27(31)24-8-9-25-26(14-24)33-18-32-25/h2-9,12-14,19,28H,10-11,15-18H2,1H3,(H,29,31)/t19-/m0/s1. The van der Waals surface area contributed by atoms with E-state index in [9.17, 15) is 4.79 Å². The molecule has 170 valence electrons. The number of ether oxygens (including phenoxy) is 2. The first kappa shape index (κ1) is 21.5. The average molecular weight is 444 g/mol. The molecule has 1 fully saturated rings. The van der Waals surface area contributed by atoms with Crippen molar-refractivity contribution >= 4 is 5.91 Å². The van der Waals surface area contributed by atoms with Crippen molar-refractivity contribution < 1.29 is 14.3 Å². The van der Waals surface area contributed by atoms with Crippen molar-refractivity contribution in [1.82, 2.24) is 15.5 Å². The Labute approximate surface area is 194 Å². The first-order chi connectivity index (χ1) is 16.1. The number of piperazine rings is 1. The highest BCUT2D eigenvalue weighted by molar-refractivity contribution is 5.94. The van der Waals surface area contributed by atoms with E-state index >= 15 is 0 Å². The summed E-state index contributed by atoms with van der Waals surface area (Å²) in [5, 5.41) is 6.51. The summed E-state index contributed by atoms with van der Waals surface area (Å²) in [5.74, 6) is 1.15. The van der Waals surface area contributed by atoms with E-state index in [2.05, 4.69) is 58.9 Å². The summed E-state index contributed by atoms with van der Waals surface area (Å²) in [6, 6.07) is 22.9. The molecule has 0 spiro atoms. The van der Waals surface area contributed by atoms with Crippen LogP contribution >= 0.6 is 0 Å². The van der Waals surface area contributed by atoms with Gasteiger partial charge in [0, 0.05) is 44.3 Å². The minimum absolute atomic E-state index is 0.133. The lowest BCUT2D eigenvalue weighted by atomic mass is 10.0. The first-order valence-electron chi connectivity index (χ1n) is 11.5. The van der Waals surface area contributed by atoms with Crippen molar-refractivity contribution in [3.8, 4) is 22.6 Å². The van der Waals surface area contributed by atoms with Gasteiger partial charge in [-0.15, -0.1) is 0 Å². The number of hydrogen-bond acceptors (Lipinski definition) is 5. The van der Waals surface area contributed by atoms with E-state index in [1.165, 1.54) is 11.1 Å². The first-order valence-corrected chi connectivity index (χ1v) is 11.5. The number of hydrogen-bond donors (Lipinski definition) is 2. The number of carbonyl (C=O) groups excluding carboxylic acids is 1. The summed E-state index contributed by atoms with van der Waals surface area (Å²) in [5.41, 5.74) is 5.29. The Kier molecular flexibility index (Phi) is 6.28. The normalized spacial score (nSPS) is 17.7. The summed E-state index contributed by atoms with van der Waals surface area (Å²) < 4.78 is 10.7. The lowest BCUT2D eigenvalue weighted by Gasteiger charge is -2.31. The molecule has 2 heterocycles. The molecule has 0 unspecified atom stereocenters. The maximum absolute atomic E-state index is 12.6. The number of carbonyl (C=O) groups is 1. The van der Waals surface area contributed by atoms with Crippen molar-refractivity contribution in [3.05, 3.63) is 83.4 Å². The van der Waals surface area contributed by atoms with Crippen LogP contribution in [0.4, 0.5) is 0 Å². The van der Waals surface area contributed by atoms with Gasteiger partial charge in [0.05, 0.1) is 0 Å². The number of nitrogens with zero attached hydrogens (tertiary/aromatic N) is 1. The molecule has 33 heavy (non-hydrogen) atoms. The molecular weight excluding hydrogens is 414 g/mol. The van der Waals surface area contributed by atoms with Crippen molar-refractivity contribution in [1.29, 1.82) is 0 Å². The van der Waals surface area contributed by atoms with Crippen LogP contribution in [0.5, 0.6) is 11.5 Å². The average Bonchev–Trinajstić information content (AvgIpc) is 3.31. The molecule has 0 saturated carbocycles. The zero-order chi connectivity index (χ0) is 22.6. The fourth-order valence-electron chi connectivity index (χ4n) is 4.45. The van der Waals surface area contributed by atoms with Crippen LogP contribution in [0.1, 0.15) is 28.4 Å². The van der Waals surface area contributed by atoms with Crippen LogP contribution in [-0.4, -0.2) is 43.3 Å². The Morgan fingerprint density at radius 1 is 1.00 bits per heavy atom. The summed E-state index contributed by atoms with van der Waals surface area (Å²) >= 11 is 0. The van der Waals surface area contributed by atoms with E-state index in [4.69, 9.17) is 9.47 Å². The molecule has 3 aromatic rings. The minimum Gasteiger partial charge on any atom is -0.454 e. The van der Waals surface area contributed by atoms with Gasteiger partial charge in [0.2, 0.25) is 6.79 Å². The highest BCUT2D eigenvalue weighted by Crippen LogP contribution is 2.32. The molecule has 6 nitrogen and oxygen atoms in total. The van der Waals surface area contributed by atoms with Gasteiger partial charge in [-0.3, -0.25) is 9.69 Å². The van der Waals surface area contributed by atoms with Crippen molar-refractivity contribution in [2.24, 2.45) is 0 Å². The molecule has 3 aromatic carbocycles. The number of rotatable bonds is 6. The largest absolute Gasteiger partial charge is 0.454 e. The summed E-state index contributed by atoms with van der Waals surface area (Å²) in [6.07, 6.45) is 0. The third kappa shape index (κ3) is 5.18. The molecule has 2 aliphatic rings. The molecule has 0 aromatic heterocycles. The van der Waals surface area contributed by atoms with Gasteiger partial charge in [-0.25, -0.2) is 0 Å².